The summed E-state index contributed by atoms with van der Waals surface area (Å²) in [5.41, 5.74) is 1.09. The van der Waals surface area contributed by atoms with Crippen molar-refractivity contribution in [2.24, 2.45) is 0 Å². The van der Waals surface area contributed by atoms with Crippen molar-refractivity contribution in [1.29, 1.82) is 0 Å². The first kappa shape index (κ1) is 23.1. The average molecular weight is 461 g/mol. The molecular formula is C22H28N4O3S2. The van der Waals surface area contributed by atoms with Gasteiger partial charge < -0.3 is 19.4 Å². The molecule has 1 N–H and O–H groups in total. The van der Waals surface area contributed by atoms with E-state index in [0.717, 1.165) is 45.9 Å². The maximum Gasteiger partial charge on any atom is 0.230 e. The SMILES string of the molecule is CCOc1ccc(CCNC(=O)CSc2nnc(-c3cccs3)n2CC)cc1OCC. The minimum Gasteiger partial charge on any atom is -0.490 e. The Hall–Kier alpha value is -2.52. The Morgan fingerprint density at radius 1 is 1.13 bits per heavy atom. The van der Waals surface area contributed by atoms with E-state index in [4.69, 9.17) is 9.47 Å². The Balaban J connectivity index is 1.49. The number of thioether (sulfide) groups is 1. The van der Waals surface area contributed by atoms with Crippen molar-refractivity contribution < 1.29 is 14.3 Å². The molecule has 0 aliphatic carbocycles. The number of benzene rings is 1. The third-order valence-electron chi connectivity index (χ3n) is 4.45. The van der Waals surface area contributed by atoms with Gasteiger partial charge in [-0.15, -0.1) is 21.5 Å². The van der Waals surface area contributed by atoms with Crippen LogP contribution in [0.2, 0.25) is 0 Å². The number of hydrogen-bond acceptors (Lipinski definition) is 7. The summed E-state index contributed by atoms with van der Waals surface area (Å²) in [7, 11) is 0. The number of nitrogens with one attached hydrogen (secondary N) is 1. The second-order valence-electron chi connectivity index (χ2n) is 6.56. The molecule has 166 valence electrons. The van der Waals surface area contributed by atoms with Gasteiger partial charge >= 0.3 is 0 Å². The van der Waals surface area contributed by atoms with E-state index in [1.165, 1.54) is 11.8 Å². The molecule has 0 aliphatic heterocycles. The van der Waals surface area contributed by atoms with Gasteiger partial charge in [-0.2, -0.15) is 0 Å². The summed E-state index contributed by atoms with van der Waals surface area (Å²) in [6.07, 6.45) is 0.719. The van der Waals surface area contributed by atoms with E-state index >= 15 is 0 Å². The predicted molar refractivity (Wildman–Crippen MR) is 125 cm³/mol. The third-order valence-corrected chi connectivity index (χ3v) is 6.28. The number of carbonyl (C=O) groups is 1. The molecule has 0 radical (unpaired) electrons. The largest absolute Gasteiger partial charge is 0.490 e. The number of thiophene rings is 1. The maximum absolute atomic E-state index is 12.3. The van der Waals surface area contributed by atoms with Crippen molar-refractivity contribution in [1.82, 2.24) is 20.1 Å². The minimum atomic E-state index is -0.0238. The predicted octanol–water partition coefficient (Wildman–Crippen LogP) is 4.27. The topological polar surface area (TPSA) is 78.3 Å². The van der Waals surface area contributed by atoms with Crippen LogP contribution in [0.4, 0.5) is 0 Å². The molecular weight excluding hydrogens is 432 g/mol. The molecule has 1 amide bonds. The van der Waals surface area contributed by atoms with Crippen molar-refractivity contribution in [3.8, 4) is 22.2 Å². The highest BCUT2D eigenvalue weighted by Gasteiger charge is 2.15. The molecule has 2 heterocycles. The highest BCUT2D eigenvalue weighted by Crippen LogP contribution is 2.29. The standard InChI is InChI=1S/C22H28N4O3S2/c1-4-26-21(19-8-7-13-30-19)24-25-22(26)31-15-20(27)23-12-11-16-9-10-17(28-5-2)18(14-16)29-6-3/h7-10,13-14H,4-6,11-12,15H2,1-3H3,(H,23,27). The van der Waals surface area contributed by atoms with Crippen molar-refractivity contribution in [2.75, 3.05) is 25.5 Å². The van der Waals surface area contributed by atoms with Gasteiger partial charge in [0.2, 0.25) is 5.91 Å². The van der Waals surface area contributed by atoms with E-state index in [1.807, 2.05) is 54.1 Å². The molecule has 0 saturated heterocycles. The molecule has 0 fully saturated rings. The zero-order chi connectivity index (χ0) is 22.1. The number of rotatable bonds is 12. The normalized spacial score (nSPS) is 10.8. The molecule has 0 saturated carbocycles. The smallest absolute Gasteiger partial charge is 0.230 e. The van der Waals surface area contributed by atoms with Crippen LogP contribution < -0.4 is 14.8 Å². The van der Waals surface area contributed by atoms with Gasteiger partial charge in [0.05, 0.1) is 23.8 Å². The lowest BCUT2D eigenvalue weighted by atomic mass is 10.1. The number of ether oxygens (including phenoxy) is 2. The number of nitrogens with zero attached hydrogens (tertiary/aromatic N) is 3. The van der Waals surface area contributed by atoms with Crippen LogP contribution >= 0.6 is 23.1 Å². The van der Waals surface area contributed by atoms with Crippen LogP contribution in [-0.2, 0) is 17.8 Å². The van der Waals surface area contributed by atoms with Crippen molar-refractivity contribution in [2.45, 2.75) is 38.9 Å². The van der Waals surface area contributed by atoms with E-state index in [2.05, 4.69) is 22.4 Å². The van der Waals surface area contributed by atoms with Gasteiger partial charge in [-0.05, 0) is 56.3 Å². The number of carbonyl (C=O) groups excluding carboxylic acids is 1. The highest BCUT2D eigenvalue weighted by molar-refractivity contribution is 7.99. The second kappa shape index (κ2) is 11.8. The Kier molecular flexibility index (Phi) is 8.78. The zero-order valence-corrected chi connectivity index (χ0v) is 19.7. The molecule has 0 bridgehead atoms. The van der Waals surface area contributed by atoms with Crippen LogP contribution in [0.3, 0.4) is 0 Å². The van der Waals surface area contributed by atoms with Crippen molar-refractivity contribution >= 4 is 29.0 Å². The lowest BCUT2D eigenvalue weighted by molar-refractivity contribution is -0.118. The molecule has 0 unspecified atom stereocenters. The lowest BCUT2D eigenvalue weighted by Crippen LogP contribution is -2.27. The Morgan fingerprint density at radius 2 is 1.94 bits per heavy atom. The first-order valence-corrected chi connectivity index (χ1v) is 12.3. The lowest BCUT2D eigenvalue weighted by Gasteiger charge is -2.12. The van der Waals surface area contributed by atoms with E-state index in [-0.39, 0.29) is 5.91 Å². The fraction of sp³-hybridized carbons (Fsp3) is 0.409. The molecule has 0 atom stereocenters. The first-order chi connectivity index (χ1) is 15.2. The van der Waals surface area contributed by atoms with Gasteiger partial charge in [-0.1, -0.05) is 23.9 Å². The molecule has 0 spiro atoms. The van der Waals surface area contributed by atoms with Gasteiger partial charge in [-0.25, -0.2) is 0 Å². The Morgan fingerprint density at radius 3 is 2.65 bits per heavy atom. The molecule has 31 heavy (non-hydrogen) atoms. The van der Waals surface area contributed by atoms with Gasteiger partial charge in [0.15, 0.2) is 22.5 Å². The van der Waals surface area contributed by atoms with Crippen LogP contribution in [0, 0.1) is 0 Å². The van der Waals surface area contributed by atoms with Gasteiger partial charge in [-0.3, -0.25) is 4.79 Å². The molecule has 3 aromatic rings. The summed E-state index contributed by atoms with van der Waals surface area (Å²) in [6.45, 7) is 8.43. The van der Waals surface area contributed by atoms with E-state index in [1.54, 1.807) is 11.3 Å². The van der Waals surface area contributed by atoms with E-state index < -0.39 is 0 Å². The molecule has 1 aromatic carbocycles. The fourth-order valence-electron chi connectivity index (χ4n) is 3.05. The summed E-state index contributed by atoms with van der Waals surface area (Å²) in [4.78, 5) is 13.4. The second-order valence-corrected chi connectivity index (χ2v) is 8.45. The van der Waals surface area contributed by atoms with Crippen LogP contribution in [0.15, 0.2) is 40.9 Å². The number of aromatic nitrogens is 3. The number of hydrogen-bond donors (Lipinski definition) is 1. The van der Waals surface area contributed by atoms with Gasteiger partial charge in [0, 0.05) is 13.1 Å². The fourth-order valence-corrected chi connectivity index (χ4v) is 4.60. The summed E-state index contributed by atoms with van der Waals surface area (Å²) in [5, 5.41) is 14.3. The van der Waals surface area contributed by atoms with Crippen LogP contribution in [-0.4, -0.2) is 46.2 Å². The molecule has 7 nitrogen and oxygen atoms in total. The molecule has 0 aliphatic rings. The molecule has 9 heteroatoms. The first-order valence-electron chi connectivity index (χ1n) is 10.4. The summed E-state index contributed by atoms with van der Waals surface area (Å²) in [6, 6.07) is 9.93. The highest BCUT2D eigenvalue weighted by atomic mass is 32.2. The molecule has 2 aromatic heterocycles. The quantitative estimate of drug-likeness (QED) is 0.407. The summed E-state index contributed by atoms with van der Waals surface area (Å²) >= 11 is 3.04. The van der Waals surface area contributed by atoms with Crippen LogP contribution in [0.5, 0.6) is 11.5 Å². The van der Waals surface area contributed by atoms with Crippen LogP contribution in [0.1, 0.15) is 26.3 Å². The van der Waals surface area contributed by atoms with Crippen molar-refractivity contribution in [3.63, 3.8) is 0 Å². The van der Waals surface area contributed by atoms with E-state index in [9.17, 15) is 4.79 Å². The van der Waals surface area contributed by atoms with Gasteiger partial charge in [0.25, 0.3) is 0 Å². The third kappa shape index (κ3) is 6.24. The van der Waals surface area contributed by atoms with E-state index in [0.29, 0.717) is 25.5 Å². The monoisotopic (exact) mass is 460 g/mol. The minimum absolute atomic E-state index is 0.0238. The van der Waals surface area contributed by atoms with Gasteiger partial charge in [0.1, 0.15) is 0 Å². The Labute approximate surface area is 191 Å². The number of amides is 1. The zero-order valence-electron chi connectivity index (χ0n) is 18.1. The summed E-state index contributed by atoms with van der Waals surface area (Å²) < 4.78 is 13.3. The van der Waals surface area contributed by atoms with Crippen molar-refractivity contribution in [3.05, 3.63) is 41.3 Å². The molecule has 3 rings (SSSR count). The summed E-state index contributed by atoms with van der Waals surface area (Å²) in [5.74, 6) is 2.61. The average Bonchev–Trinajstić information content (AvgIpc) is 3.43. The Bertz CT molecular complexity index is 973. The van der Waals surface area contributed by atoms with Crippen LogP contribution in [0.25, 0.3) is 10.7 Å². The maximum atomic E-state index is 12.3.